The van der Waals surface area contributed by atoms with Crippen LogP contribution >= 0.6 is 0 Å². The minimum absolute atomic E-state index is 0.0516. The molecule has 0 N–H and O–H groups in total. The predicted molar refractivity (Wildman–Crippen MR) is 96.4 cm³/mol. The number of carbonyl (C=O) groups excluding carboxylic acids is 1. The van der Waals surface area contributed by atoms with Crippen LogP contribution in [-0.2, 0) is 4.74 Å². The summed E-state index contributed by atoms with van der Waals surface area (Å²) in [4.78, 5) is 19.2. The van der Waals surface area contributed by atoms with Gasteiger partial charge >= 0.3 is 0 Å². The van der Waals surface area contributed by atoms with E-state index in [4.69, 9.17) is 4.74 Å². The molecule has 0 spiro atoms. The van der Waals surface area contributed by atoms with Gasteiger partial charge in [-0.15, -0.1) is 0 Å². The van der Waals surface area contributed by atoms with Crippen molar-refractivity contribution in [2.75, 3.05) is 20.2 Å². The number of amides is 1. The van der Waals surface area contributed by atoms with Crippen LogP contribution in [0.4, 0.5) is 0 Å². The third-order valence-electron chi connectivity index (χ3n) is 4.78. The number of hydrogen-bond acceptors (Lipinski definition) is 3. The summed E-state index contributed by atoms with van der Waals surface area (Å²) >= 11 is 0. The molecule has 2 heterocycles. The molecule has 1 aliphatic heterocycles. The van der Waals surface area contributed by atoms with Gasteiger partial charge in [-0.25, -0.2) is 0 Å². The molecule has 0 aliphatic carbocycles. The number of pyridine rings is 1. The van der Waals surface area contributed by atoms with Gasteiger partial charge in [0.05, 0.1) is 22.9 Å². The van der Waals surface area contributed by atoms with E-state index in [-0.39, 0.29) is 5.91 Å². The van der Waals surface area contributed by atoms with E-state index in [2.05, 4.69) is 18.0 Å². The molecule has 1 unspecified atom stereocenters. The second kappa shape index (κ2) is 7.31. The van der Waals surface area contributed by atoms with E-state index < -0.39 is 0 Å². The lowest BCUT2D eigenvalue weighted by Gasteiger charge is -2.19. The van der Waals surface area contributed by atoms with E-state index in [0.29, 0.717) is 11.7 Å². The molecule has 24 heavy (non-hydrogen) atoms. The molecule has 1 atom stereocenters. The number of benzene rings is 1. The molecule has 1 fully saturated rings. The molecule has 3 rings (SSSR count). The van der Waals surface area contributed by atoms with Gasteiger partial charge < -0.3 is 9.64 Å². The first-order valence-corrected chi connectivity index (χ1v) is 8.79. The molecule has 1 aromatic carbocycles. The first kappa shape index (κ1) is 16.9. The topological polar surface area (TPSA) is 42.4 Å². The van der Waals surface area contributed by atoms with Gasteiger partial charge in [-0.1, -0.05) is 11.6 Å². The lowest BCUT2D eigenvalue weighted by Crippen LogP contribution is -2.29. The highest BCUT2D eigenvalue weighted by molar-refractivity contribution is 5.98. The van der Waals surface area contributed by atoms with Gasteiger partial charge in [0.15, 0.2) is 0 Å². The van der Waals surface area contributed by atoms with Crippen molar-refractivity contribution in [2.24, 2.45) is 0 Å². The Bertz CT molecular complexity index is 736. The molecule has 2 aromatic rings. The molecule has 0 saturated carbocycles. The highest BCUT2D eigenvalue weighted by atomic mass is 16.5. The SMILES string of the molecule is Cc1ccc2nc(C)c(C(=O)N(C)CCCC3CCCO3)cc2c1. The number of carbonyl (C=O) groups is 1. The van der Waals surface area contributed by atoms with Gasteiger partial charge in [-0.05, 0) is 57.7 Å². The Morgan fingerprint density at radius 1 is 1.33 bits per heavy atom. The summed E-state index contributed by atoms with van der Waals surface area (Å²) in [7, 11) is 1.87. The third kappa shape index (κ3) is 3.75. The van der Waals surface area contributed by atoms with E-state index >= 15 is 0 Å². The predicted octanol–water partition coefficient (Wildman–Crippen LogP) is 3.88. The number of hydrogen-bond donors (Lipinski definition) is 0. The zero-order valence-electron chi connectivity index (χ0n) is 14.8. The van der Waals surface area contributed by atoms with Crippen molar-refractivity contribution in [3.8, 4) is 0 Å². The molecule has 128 valence electrons. The average Bonchev–Trinajstić information content (AvgIpc) is 3.07. The second-order valence-electron chi connectivity index (χ2n) is 6.82. The van der Waals surface area contributed by atoms with Crippen LogP contribution in [0.1, 0.15) is 47.3 Å². The van der Waals surface area contributed by atoms with Crippen LogP contribution in [0.25, 0.3) is 10.9 Å². The minimum Gasteiger partial charge on any atom is -0.378 e. The van der Waals surface area contributed by atoms with Crippen molar-refractivity contribution in [2.45, 2.75) is 45.6 Å². The van der Waals surface area contributed by atoms with Crippen molar-refractivity contribution in [1.82, 2.24) is 9.88 Å². The van der Waals surface area contributed by atoms with E-state index in [1.165, 1.54) is 12.0 Å². The van der Waals surface area contributed by atoms with Gasteiger partial charge in [0.2, 0.25) is 0 Å². The molecule has 0 radical (unpaired) electrons. The maximum atomic E-state index is 12.8. The lowest BCUT2D eigenvalue weighted by atomic mass is 10.1. The fourth-order valence-corrected chi connectivity index (χ4v) is 3.34. The first-order valence-electron chi connectivity index (χ1n) is 8.79. The number of aryl methyl sites for hydroxylation is 2. The van der Waals surface area contributed by atoms with Crippen molar-refractivity contribution in [3.63, 3.8) is 0 Å². The Balaban J connectivity index is 1.68. The summed E-state index contributed by atoms with van der Waals surface area (Å²) in [5.74, 6) is 0.0516. The number of fused-ring (bicyclic) bond motifs is 1. The lowest BCUT2D eigenvalue weighted by molar-refractivity contribution is 0.0762. The van der Waals surface area contributed by atoms with Crippen LogP contribution < -0.4 is 0 Å². The van der Waals surface area contributed by atoms with Crippen LogP contribution in [0, 0.1) is 13.8 Å². The van der Waals surface area contributed by atoms with Crippen molar-refractivity contribution < 1.29 is 9.53 Å². The third-order valence-corrected chi connectivity index (χ3v) is 4.78. The smallest absolute Gasteiger partial charge is 0.255 e. The standard InChI is InChI=1S/C20H26N2O2/c1-14-8-9-19-16(12-14)13-18(15(2)21-19)20(23)22(3)10-4-6-17-7-5-11-24-17/h8-9,12-13,17H,4-7,10-11H2,1-3H3. The Kier molecular flexibility index (Phi) is 5.14. The Hall–Kier alpha value is -1.94. The number of aromatic nitrogens is 1. The monoisotopic (exact) mass is 326 g/mol. The van der Waals surface area contributed by atoms with E-state index in [0.717, 1.165) is 49.0 Å². The second-order valence-corrected chi connectivity index (χ2v) is 6.82. The molecule has 1 aromatic heterocycles. The first-order chi connectivity index (χ1) is 11.5. The van der Waals surface area contributed by atoms with Crippen LogP contribution in [-0.4, -0.2) is 42.1 Å². The Morgan fingerprint density at radius 2 is 2.17 bits per heavy atom. The molecule has 1 amide bonds. The number of rotatable bonds is 5. The Morgan fingerprint density at radius 3 is 2.92 bits per heavy atom. The summed E-state index contributed by atoms with van der Waals surface area (Å²) in [5, 5.41) is 1.02. The summed E-state index contributed by atoms with van der Waals surface area (Å²) in [6.45, 7) is 5.61. The van der Waals surface area contributed by atoms with Crippen LogP contribution in [0.3, 0.4) is 0 Å². The zero-order valence-corrected chi connectivity index (χ0v) is 14.8. The largest absolute Gasteiger partial charge is 0.378 e. The summed E-state index contributed by atoms with van der Waals surface area (Å²) in [6, 6.07) is 8.12. The van der Waals surface area contributed by atoms with E-state index in [1.54, 1.807) is 4.90 Å². The molecule has 1 saturated heterocycles. The average molecular weight is 326 g/mol. The van der Waals surface area contributed by atoms with Crippen LogP contribution in [0.15, 0.2) is 24.3 Å². The Labute approximate surface area is 143 Å². The zero-order chi connectivity index (χ0) is 17.1. The van der Waals surface area contributed by atoms with Gasteiger partial charge in [-0.3, -0.25) is 9.78 Å². The maximum absolute atomic E-state index is 12.8. The van der Waals surface area contributed by atoms with Gasteiger partial charge in [-0.2, -0.15) is 0 Å². The van der Waals surface area contributed by atoms with Crippen LogP contribution in [0.5, 0.6) is 0 Å². The summed E-state index contributed by atoms with van der Waals surface area (Å²) in [5.41, 5.74) is 3.61. The van der Waals surface area contributed by atoms with Crippen LogP contribution in [0.2, 0.25) is 0 Å². The van der Waals surface area contributed by atoms with Gasteiger partial charge in [0, 0.05) is 25.6 Å². The quantitative estimate of drug-likeness (QED) is 0.837. The summed E-state index contributed by atoms with van der Waals surface area (Å²) < 4.78 is 5.64. The normalized spacial score (nSPS) is 17.4. The molecular weight excluding hydrogens is 300 g/mol. The van der Waals surface area contributed by atoms with Gasteiger partial charge in [0.25, 0.3) is 5.91 Å². The van der Waals surface area contributed by atoms with E-state index in [1.807, 2.05) is 32.2 Å². The molecule has 0 bridgehead atoms. The van der Waals surface area contributed by atoms with E-state index in [9.17, 15) is 4.79 Å². The van der Waals surface area contributed by atoms with Crippen molar-refractivity contribution >= 4 is 16.8 Å². The minimum atomic E-state index is 0.0516. The molecule has 1 aliphatic rings. The number of nitrogens with zero attached hydrogens (tertiary/aromatic N) is 2. The van der Waals surface area contributed by atoms with Crippen molar-refractivity contribution in [1.29, 1.82) is 0 Å². The maximum Gasteiger partial charge on any atom is 0.255 e. The highest BCUT2D eigenvalue weighted by Gasteiger charge is 2.18. The molecule has 4 heteroatoms. The fourth-order valence-electron chi connectivity index (χ4n) is 3.34. The number of ether oxygens (including phenoxy) is 1. The summed E-state index contributed by atoms with van der Waals surface area (Å²) in [6.07, 6.45) is 4.73. The van der Waals surface area contributed by atoms with Gasteiger partial charge in [0.1, 0.15) is 0 Å². The fraction of sp³-hybridized carbons (Fsp3) is 0.500. The van der Waals surface area contributed by atoms with Crippen molar-refractivity contribution in [3.05, 3.63) is 41.1 Å². The molecular formula is C20H26N2O2. The molecule has 4 nitrogen and oxygen atoms in total. The highest BCUT2D eigenvalue weighted by Crippen LogP contribution is 2.20.